The average Bonchev–Trinajstić information content (AvgIpc) is 2.63. The molecule has 150 valence electrons. The van der Waals surface area contributed by atoms with Crippen LogP contribution in [0.25, 0.3) is 0 Å². The Kier molecular flexibility index (Phi) is 8.75. The van der Waals surface area contributed by atoms with E-state index in [-0.39, 0.29) is 17.3 Å². The molecule has 2 rings (SSSR count). The van der Waals surface area contributed by atoms with E-state index in [4.69, 9.17) is 0 Å². The number of nitrogens with one attached hydrogen (secondary N) is 2. The molecule has 2 atom stereocenters. The van der Waals surface area contributed by atoms with Crippen LogP contribution >= 0.6 is 0 Å². The van der Waals surface area contributed by atoms with Crippen LogP contribution in [0.2, 0.25) is 0 Å². The third-order valence-electron chi connectivity index (χ3n) is 6.50. The largest absolute Gasteiger partial charge is 0.316 e. The van der Waals surface area contributed by atoms with Gasteiger partial charge in [-0.15, -0.1) is 0 Å². The van der Waals surface area contributed by atoms with Crippen molar-refractivity contribution in [1.29, 1.82) is 0 Å². The Bertz CT molecular complexity index is 449. The van der Waals surface area contributed by atoms with Gasteiger partial charge in [0.2, 0.25) is 0 Å². The van der Waals surface area contributed by atoms with Gasteiger partial charge in [0.05, 0.1) is 0 Å². The van der Waals surface area contributed by atoms with Gasteiger partial charge in [-0.05, 0) is 50.1 Å². The first kappa shape index (κ1) is 21.6. The van der Waals surface area contributed by atoms with E-state index in [9.17, 15) is 9.59 Å². The number of rotatable bonds is 10. The SMILES string of the molecule is CC(C)C(=O)CC1(CNCC(C)C(=O)CC2CCCNC2)CCCCC1. The molecule has 0 aromatic rings. The Hall–Kier alpha value is -0.740. The maximum absolute atomic E-state index is 12.5. The summed E-state index contributed by atoms with van der Waals surface area (Å²) in [6.45, 7) is 9.79. The predicted molar refractivity (Wildman–Crippen MR) is 107 cm³/mol. The molecule has 2 fully saturated rings. The minimum atomic E-state index is 0.0679. The Morgan fingerprint density at radius 2 is 1.81 bits per heavy atom. The fourth-order valence-corrected chi connectivity index (χ4v) is 4.54. The number of hydrogen-bond acceptors (Lipinski definition) is 4. The van der Waals surface area contributed by atoms with Gasteiger partial charge in [0.25, 0.3) is 0 Å². The lowest BCUT2D eigenvalue weighted by Crippen LogP contribution is -2.41. The Morgan fingerprint density at radius 3 is 2.42 bits per heavy atom. The van der Waals surface area contributed by atoms with E-state index in [0.29, 0.717) is 30.3 Å². The highest BCUT2D eigenvalue weighted by molar-refractivity contribution is 5.81. The monoisotopic (exact) mass is 364 g/mol. The first-order valence-electron chi connectivity index (χ1n) is 10.9. The number of carbonyl (C=O) groups excluding carboxylic acids is 2. The molecule has 0 amide bonds. The van der Waals surface area contributed by atoms with Crippen molar-refractivity contribution < 1.29 is 9.59 Å². The van der Waals surface area contributed by atoms with Crippen molar-refractivity contribution in [3.8, 4) is 0 Å². The van der Waals surface area contributed by atoms with Crippen LogP contribution < -0.4 is 10.6 Å². The molecule has 1 heterocycles. The average molecular weight is 365 g/mol. The summed E-state index contributed by atoms with van der Waals surface area (Å²) in [6.07, 6.45) is 9.84. The van der Waals surface area contributed by atoms with Gasteiger partial charge in [-0.25, -0.2) is 0 Å². The number of ketones is 2. The van der Waals surface area contributed by atoms with Crippen LogP contribution in [0.15, 0.2) is 0 Å². The van der Waals surface area contributed by atoms with E-state index in [0.717, 1.165) is 39.0 Å². The highest BCUT2D eigenvalue weighted by Crippen LogP contribution is 2.39. The van der Waals surface area contributed by atoms with Gasteiger partial charge in [0.1, 0.15) is 11.6 Å². The van der Waals surface area contributed by atoms with Crippen LogP contribution in [0.3, 0.4) is 0 Å². The number of carbonyl (C=O) groups is 2. The highest BCUT2D eigenvalue weighted by atomic mass is 16.1. The van der Waals surface area contributed by atoms with E-state index in [1.54, 1.807) is 0 Å². The molecular weight excluding hydrogens is 324 g/mol. The molecule has 0 bridgehead atoms. The number of hydrogen-bond donors (Lipinski definition) is 2. The van der Waals surface area contributed by atoms with E-state index in [1.807, 2.05) is 13.8 Å². The van der Waals surface area contributed by atoms with Crippen molar-refractivity contribution in [2.45, 2.75) is 78.6 Å². The predicted octanol–water partition coefficient (Wildman–Crippen LogP) is 3.74. The Balaban J connectivity index is 1.78. The van der Waals surface area contributed by atoms with Crippen molar-refractivity contribution in [3.05, 3.63) is 0 Å². The second-order valence-electron chi connectivity index (χ2n) is 9.27. The standard InChI is InChI=1S/C22H40N2O2/c1-17(2)21(26)13-22(9-5-4-6-10-22)16-24-14-18(3)20(25)12-19-8-7-11-23-15-19/h17-19,23-24H,4-16H2,1-3H3. The van der Waals surface area contributed by atoms with Gasteiger partial charge in [-0.1, -0.05) is 40.0 Å². The van der Waals surface area contributed by atoms with Crippen molar-refractivity contribution in [3.63, 3.8) is 0 Å². The normalized spacial score (nSPS) is 24.4. The van der Waals surface area contributed by atoms with Crippen LogP contribution in [-0.4, -0.2) is 37.7 Å². The second kappa shape index (κ2) is 10.6. The zero-order valence-corrected chi connectivity index (χ0v) is 17.2. The van der Waals surface area contributed by atoms with Crippen molar-refractivity contribution in [1.82, 2.24) is 10.6 Å². The number of piperidine rings is 1. The molecule has 0 radical (unpaired) electrons. The van der Waals surface area contributed by atoms with E-state index in [2.05, 4.69) is 17.6 Å². The molecule has 4 nitrogen and oxygen atoms in total. The molecular formula is C22H40N2O2. The lowest BCUT2D eigenvalue weighted by atomic mass is 9.70. The summed E-state index contributed by atoms with van der Waals surface area (Å²) in [5, 5.41) is 6.97. The van der Waals surface area contributed by atoms with Crippen LogP contribution in [-0.2, 0) is 9.59 Å². The molecule has 0 aromatic carbocycles. The third kappa shape index (κ3) is 6.77. The van der Waals surface area contributed by atoms with Crippen LogP contribution in [0.5, 0.6) is 0 Å². The van der Waals surface area contributed by atoms with Crippen LogP contribution in [0.4, 0.5) is 0 Å². The van der Waals surface area contributed by atoms with E-state index in [1.165, 1.54) is 32.1 Å². The topological polar surface area (TPSA) is 58.2 Å². The summed E-state index contributed by atoms with van der Waals surface area (Å²) in [7, 11) is 0. The van der Waals surface area contributed by atoms with E-state index < -0.39 is 0 Å². The molecule has 26 heavy (non-hydrogen) atoms. The lowest BCUT2D eigenvalue weighted by molar-refractivity contribution is -0.125. The molecule has 2 aliphatic rings. The summed E-state index contributed by atoms with van der Waals surface area (Å²) in [5.41, 5.74) is 0.121. The quantitative estimate of drug-likeness (QED) is 0.620. The van der Waals surface area contributed by atoms with Gasteiger partial charge in [0.15, 0.2) is 0 Å². The lowest BCUT2D eigenvalue weighted by Gasteiger charge is -2.38. The third-order valence-corrected chi connectivity index (χ3v) is 6.50. The maximum atomic E-state index is 12.5. The van der Waals surface area contributed by atoms with Crippen molar-refractivity contribution >= 4 is 11.6 Å². The summed E-state index contributed by atoms with van der Waals surface area (Å²) in [4.78, 5) is 24.9. The van der Waals surface area contributed by atoms with Crippen molar-refractivity contribution in [2.75, 3.05) is 26.2 Å². The fourth-order valence-electron chi connectivity index (χ4n) is 4.54. The summed E-state index contributed by atoms with van der Waals surface area (Å²) in [6, 6.07) is 0. The van der Waals surface area contributed by atoms with Crippen molar-refractivity contribution in [2.24, 2.45) is 23.2 Å². The molecule has 4 heteroatoms. The highest BCUT2D eigenvalue weighted by Gasteiger charge is 2.34. The minimum Gasteiger partial charge on any atom is -0.316 e. The van der Waals surface area contributed by atoms with Gasteiger partial charge in [-0.3, -0.25) is 9.59 Å². The molecule has 0 aromatic heterocycles. The molecule has 2 N–H and O–H groups in total. The first-order valence-corrected chi connectivity index (χ1v) is 10.9. The van der Waals surface area contributed by atoms with Gasteiger partial charge in [-0.2, -0.15) is 0 Å². The Morgan fingerprint density at radius 1 is 1.08 bits per heavy atom. The zero-order valence-electron chi connectivity index (χ0n) is 17.2. The maximum Gasteiger partial charge on any atom is 0.137 e. The van der Waals surface area contributed by atoms with Crippen LogP contribution in [0.1, 0.15) is 78.6 Å². The molecule has 1 aliphatic carbocycles. The Labute approximate surface area is 160 Å². The summed E-state index contributed by atoms with van der Waals surface area (Å²) >= 11 is 0. The molecule has 1 aliphatic heterocycles. The second-order valence-corrected chi connectivity index (χ2v) is 9.27. The first-order chi connectivity index (χ1) is 12.4. The van der Waals surface area contributed by atoms with Gasteiger partial charge in [0, 0.05) is 37.8 Å². The molecule has 1 saturated carbocycles. The molecule has 1 saturated heterocycles. The smallest absolute Gasteiger partial charge is 0.137 e. The van der Waals surface area contributed by atoms with Gasteiger partial charge >= 0.3 is 0 Å². The summed E-state index contributed by atoms with van der Waals surface area (Å²) in [5.74, 6) is 1.49. The summed E-state index contributed by atoms with van der Waals surface area (Å²) < 4.78 is 0. The molecule has 2 unspecified atom stereocenters. The zero-order chi connectivity index (χ0) is 19.0. The minimum absolute atomic E-state index is 0.0679. The number of Topliss-reactive ketones (excluding diaryl/α,β-unsaturated/α-hetero) is 2. The van der Waals surface area contributed by atoms with Gasteiger partial charge < -0.3 is 10.6 Å². The van der Waals surface area contributed by atoms with E-state index >= 15 is 0 Å². The van der Waals surface area contributed by atoms with Crippen LogP contribution in [0, 0.1) is 23.2 Å². The fraction of sp³-hybridized carbons (Fsp3) is 0.909. The molecule has 0 spiro atoms.